The highest BCUT2D eigenvalue weighted by Crippen LogP contribution is 2.43. The third kappa shape index (κ3) is 1.77. The van der Waals surface area contributed by atoms with Crippen LogP contribution in [0.2, 0.25) is 5.02 Å². The van der Waals surface area contributed by atoms with E-state index in [0.717, 1.165) is 29.7 Å². The lowest BCUT2D eigenvalue weighted by atomic mass is 10.0. The highest BCUT2D eigenvalue weighted by Gasteiger charge is 2.23. The fourth-order valence-corrected chi connectivity index (χ4v) is 2.17. The average molecular weight is 228 g/mol. The molecule has 0 saturated heterocycles. The molecule has 2 N–H and O–H groups in total. The predicted molar refractivity (Wildman–Crippen MR) is 59.7 cm³/mol. The Kier molecular flexibility index (Phi) is 3.03. The van der Waals surface area contributed by atoms with Crippen LogP contribution in [0.4, 0.5) is 0 Å². The third-order valence-corrected chi connectivity index (χ3v) is 2.84. The number of benzene rings is 1. The molecule has 0 fully saturated rings. The maximum atomic E-state index is 6.09. The van der Waals surface area contributed by atoms with Crippen molar-refractivity contribution in [3.05, 3.63) is 22.2 Å². The fourth-order valence-electron chi connectivity index (χ4n) is 1.90. The van der Waals surface area contributed by atoms with E-state index in [0.29, 0.717) is 17.3 Å². The zero-order chi connectivity index (χ0) is 10.8. The van der Waals surface area contributed by atoms with Crippen LogP contribution in [-0.2, 0) is 12.8 Å². The number of hydrogen-bond donors (Lipinski definition) is 1. The lowest BCUT2D eigenvalue weighted by Gasteiger charge is -2.11. The lowest BCUT2D eigenvalue weighted by Crippen LogP contribution is -2.05. The Morgan fingerprint density at radius 2 is 2.13 bits per heavy atom. The van der Waals surface area contributed by atoms with Crippen molar-refractivity contribution >= 4 is 11.6 Å². The van der Waals surface area contributed by atoms with Gasteiger partial charge in [0, 0.05) is 5.56 Å². The van der Waals surface area contributed by atoms with Crippen molar-refractivity contribution in [2.24, 2.45) is 5.73 Å². The van der Waals surface area contributed by atoms with Crippen molar-refractivity contribution in [3.63, 3.8) is 0 Å². The van der Waals surface area contributed by atoms with Crippen LogP contribution in [0.15, 0.2) is 6.07 Å². The topological polar surface area (TPSA) is 44.5 Å². The normalized spacial score (nSPS) is 13.3. The van der Waals surface area contributed by atoms with Crippen LogP contribution in [0.5, 0.6) is 11.5 Å². The van der Waals surface area contributed by atoms with Gasteiger partial charge in [0.2, 0.25) is 6.79 Å². The first-order valence-corrected chi connectivity index (χ1v) is 5.45. The Bertz CT molecular complexity index is 379. The summed E-state index contributed by atoms with van der Waals surface area (Å²) in [5.74, 6) is 1.47. The summed E-state index contributed by atoms with van der Waals surface area (Å²) in [5.41, 5.74) is 7.89. The minimum Gasteiger partial charge on any atom is -0.453 e. The van der Waals surface area contributed by atoms with Crippen molar-refractivity contribution in [2.45, 2.75) is 19.8 Å². The molecule has 0 spiro atoms. The number of halogens is 1. The predicted octanol–water partition coefficient (Wildman–Crippen LogP) is 2.13. The summed E-state index contributed by atoms with van der Waals surface area (Å²) in [7, 11) is 0. The monoisotopic (exact) mass is 227 g/mol. The van der Waals surface area contributed by atoms with E-state index in [-0.39, 0.29) is 6.79 Å². The fraction of sp³-hybridized carbons (Fsp3) is 0.455. The summed E-state index contributed by atoms with van der Waals surface area (Å²) < 4.78 is 10.8. The maximum Gasteiger partial charge on any atom is 0.231 e. The molecule has 1 aliphatic rings. The highest BCUT2D eigenvalue weighted by atomic mass is 35.5. The maximum absolute atomic E-state index is 6.09. The number of fused-ring (bicyclic) bond motifs is 1. The number of nitrogens with two attached hydrogens (primary N) is 1. The van der Waals surface area contributed by atoms with Gasteiger partial charge in [-0.1, -0.05) is 18.5 Å². The molecule has 1 aromatic carbocycles. The summed E-state index contributed by atoms with van der Waals surface area (Å²) >= 11 is 6.09. The van der Waals surface area contributed by atoms with E-state index < -0.39 is 0 Å². The molecule has 2 rings (SSSR count). The molecule has 0 atom stereocenters. The van der Waals surface area contributed by atoms with Gasteiger partial charge in [-0.25, -0.2) is 0 Å². The van der Waals surface area contributed by atoms with Crippen LogP contribution in [0.25, 0.3) is 0 Å². The third-order valence-electron chi connectivity index (χ3n) is 2.56. The van der Waals surface area contributed by atoms with Gasteiger partial charge in [-0.2, -0.15) is 0 Å². The Hall–Kier alpha value is -0.930. The van der Waals surface area contributed by atoms with Gasteiger partial charge in [0.1, 0.15) is 0 Å². The number of ether oxygens (including phenoxy) is 2. The van der Waals surface area contributed by atoms with Crippen molar-refractivity contribution < 1.29 is 9.47 Å². The van der Waals surface area contributed by atoms with E-state index in [9.17, 15) is 0 Å². The number of rotatable bonds is 3. The minimum absolute atomic E-state index is 0.258. The van der Waals surface area contributed by atoms with Gasteiger partial charge < -0.3 is 15.2 Å². The Labute approximate surface area is 94.1 Å². The molecule has 15 heavy (non-hydrogen) atoms. The molecule has 4 heteroatoms. The zero-order valence-electron chi connectivity index (χ0n) is 8.68. The second kappa shape index (κ2) is 4.29. The molecule has 1 aliphatic heterocycles. The second-order valence-electron chi connectivity index (χ2n) is 3.45. The molecule has 0 amide bonds. The molecule has 3 nitrogen and oxygen atoms in total. The van der Waals surface area contributed by atoms with Gasteiger partial charge in [0.15, 0.2) is 11.5 Å². The van der Waals surface area contributed by atoms with Crippen LogP contribution in [0, 0.1) is 0 Å². The quantitative estimate of drug-likeness (QED) is 0.861. The van der Waals surface area contributed by atoms with Gasteiger partial charge >= 0.3 is 0 Å². The molecule has 0 aromatic heterocycles. The molecular weight excluding hydrogens is 214 g/mol. The largest absolute Gasteiger partial charge is 0.453 e. The molecule has 0 bridgehead atoms. The van der Waals surface area contributed by atoms with E-state index in [1.165, 1.54) is 0 Å². The van der Waals surface area contributed by atoms with Crippen molar-refractivity contribution in [3.8, 4) is 11.5 Å². The number of hydrogen-bond acceptors (Lipinski definition) is 3. The van der Waals surface area contributed by atoms with E-state index in [4.69, 9.17) is 26.8 Å². The van der Waals surface area contributed by atoms with E-state index in [2.05, 4.69) is 6.92 Å². The first-order chi connectivity index (χ1) is 7.27. The average Bonchev–Trinajstić information content (AvgIpc) is 2.68. The van der Waals surface area contributed by atoms with Crippen LogP contribution < -0.4 is 15.2 Å². The summed E-state index contributed by atoms with van der Waals surface area (Å²) in [6.07, 6.45) is 1.72. The van der Waals surface area contributed by atoms with Crippen LogP contribution >= 0.6 is 11.6 Å². The van der Waals surface area contributed by atoms with Gasteiger partial charge in [-0.05, 0) is 31.0 Å². The molecule has 0 saturated carbocycles. The van der Waals surface area contributed by atoms with Crippen LogP contribution in [0.3, 0.4) is 0 Å². The Morgan fingerprint density at radius 3 is 2.80 bits per heavy atom. The van der Waals surface area contributed by atoms with Crippen LogP contribution in [-0.4, -0.2) is 13.3 Å². The van der Waals surface area contributed by atoms with E-state index in [1.807, 2.05) is 6.07 Å². The molecular formula is C11H14ClNO2. The second-order valence-corrected chi connectivity index (χ2v) is 3.86. The summed E-state index contributed by atoms with van der Waals surface area (Å²) in [5, 5.41) is 0.614. The van der Waals surface area contributed by atoms with E-state index in [1.54, 1.807) is 0 Å². The minimum atomic E-state index is 0.258. The summed E-state index contributed by atoms with van der Waals surface area (Å²) in [4.78, 5) is 0. The van der Waals surface area contributed by atoms with Gasteiger partial charge in [-0.15, -0.1) is 0 Å². The van der Waals surface area contributed by atoms with Gasteiger partial charge in [0.25, 0.3) is 0 Å². The van der Waals surface area contributed by atoms with Crippen molar-refractivity contribution in [1.29, 1.82) is 0 Å². The standard InChI is InChI=1S/C11H14ClNO2/c1-2-8-7(3-4-13)5-9(12)11-10(8)14-6-15-11/h5H,2-4,6,13H2,1H3. The molecule has 0 unspecified atom stereocenters. The lowest BCUT2D eigenvalue weighted by molar-refractivity contribution is 0.173. The SMILES string of the molecule is CCc1c(CCN)cc(Cl)c2c1OCO2. The zero-order valence-corrected chi connectivity index (χ0v) is 9.43. The molecule has 0 aliphatic carbocycles. The van der Waals surface area contributed by atoms with Gasteiger partial charge in [0.05, 0.1) is 5.02 Å². The molecule has 1 aromatic rings. The Balaban J connectivity index is 2.52. The highest BCUT2D eigenvalue weighted by molar-refractivity contribution is 6.32. The van der Waals surface area contributed by atoms with Crippen molar-refractivity contribution in [1.82, 2.24) is 0 Å². The van der Waals surface area contributed by atoms with E-state index >= 15 is 0 Å². The molecule has 82 valence electrons. The molecule has 1 heterocycles. The smallest absolute Gasteiger partial charge is 0.231 e. The first kappa shape index (κ1) is 10.6. The Morgan fingerprint density at radius 1 is 1.40 bits per heavy atom. The van der Waals surface area contributed by atoms with Crippen LogP contribution in [0.1, 0.15) is 18.1 Å². The summed E-state index contributed by atoms with van der Waals surface area (Å²) in [6.45, 7) is 2.96. The summed E-state index contributed by atoms with van der Waals surface area (Å²) in [6, 6.07) is 1.93. The molecule has 0 radical (unpaired) electrons. The van der Waals surface area contributed by atoms with Crippen molar-refractivity contribution in [2.75, 3.05) is 13.3 Å². The van der Waals surface area contributed by atoms with Gasteiger partial charge in [-0.3, -0.25) is 0 Å². The first-order valence-electron chi connectivity index (χ1n) is 5.07.